The highest BCUT2D eigenvalue weighted by atomic mass is 32.1. The first-order chi connectivity index (χ1) is 10.0. The molecule has 0 bridgehead atoms. The molecule has 0 saturated carbocycles. The average molecular weight is 309 g/mol. The lowest BCUT2D eigenvalue weighted by Crippen LogP contribution is -2.39. The minimum atomic E-state index is -1.86. The van der Waals surface area contributed by atoms with Crippen molar-refractivity contribution in [1.82, 2.24) is 9.97 Å². The molecule has 2 aromatic rings. The lowest BCUT2D eigenvalue weighted by atomic mass is 9.93. The van der Waals surface area contributed by atoms with E-state index in [9.17, 15) is 20.3 Å². The van der Waals surface area contributed by atoms with E-state index in [-0.39, 0.29) is 21.3 Å². The molecule has 0 aromatic carbocycles. The molecule has 2 aromatic heterocycles. The number of nitrogens with one attached hydrogen (secondary N) is 1. The zero-order chi connectivity index (χ0) is 15.2. The molecule has 0 amide bonds. The molecule has 3 rings (SSSR count). The van der Waals surface area contributed by atoms with Crippen molar-refractivity contribution in [2.24, 2.45) is 0 Å². The minimum Gasteiger partial charge on any atom is -0.394 e. The van der Waals surface area contributed by atoms with Gasteiger partial charge in [0.1, 0.15) is 24.4 Å². The number of hydrogen-bond donors (Lipinski definition) is 4. The molecule has 0 unspecified atom stereocenters. The third-order valence-corrected chi connectivity index (χ3v) is 4.63. The summed E-state index contributed by atoms with van der Waals surface area (Å²) in [4.78, 5) is 18.4. The molecule has 110 valence electrons. The standard InChI is InChI=1S/C12H11N3O5S/c13-3-12(9(18)8(17)6(1-16)20-12)10-7-5(2-21-10)11(19)15-4-14-7/h2,4,6,8-9,16-18H,1H2,(H,14,15,19)/t6-,8-,9-,12-/m1/s1. The predicted octanol–water partition coefficient (Wildman–Crippen LogP) is -1.18. The molecule has 1 saturated heterocycles. The Bertz CT molecular complexity index is 781. The second kappa shape index (κ2) is 4.87. The fourth-order valence-electron chi connectivity index (χ4n) is 2.44. The van der Waals surface area contributed by atoms with Gasteiger partial charge in [0.25, 0.3) is 5.56 Å². The van der Waals surface area contributed by atoms with Crippen LogP contribution in [-0.2, 0) is 10.3 Å². The largest absolute Gasteiger partial charge is 0.394 e. The van der Waals surface area contributed by atoms with Crippen LogP contribution in [0.25, 0.3) is 10.9 Å². The molecule has 1 fully saturated rings. The highest BCUT2D eigenvalue weighted by Crippen LogP contribution is 2.44. The summed E-state index contributed by atoms with van der Waals surface area (Å²) in [6.07, 6.45) is -2.86. The maximum Gasteiger partial charge on any atom is 0.259 e. The minimum absolute atomic E-state index is 0.230. The van der Waals surface area contributed by atoms with Crippen LogP contribution in [0.3, 0.4) is 0 Å². The Labute approximate surface area is 121 Å². The van der Waals surface area contributed by atoms with Gasteiger partial charge in [-0.25, -0.2) is 4.98 Å². The number of aliphatic hydroxyl groups excluding tert-OH is 3. The van der Waals surface area contributed by atoms with Crippen LogP contribution in [-0.4, -0.2) is 50.2 Å². The summed E-state index contributed by atoms with van der Waals surface area (Å²) in [6.45, 7) is -0.543. The van der Waals surface area contributed by atoms with Gasteiger partial charge in [-0.3, -0.25) is 4.79 Å². The zero-order valence-corrected chi connectivity index (χ0v) is 11.4. The van der Waals surface area contributed by atoms with Gasteiger partial charge in [-0.15, -0.1) is 11.3 Å². The van der Waals surface area contributed by atoms with Crippen molar-refractivity contribution in [1.29, 1.82) is 5.26 Å². The molecule has 3 heterocycles. The highest BCUT2D eigenvalue weighted by Gasteiger charge is 2.57. The summed E-state index contributed by atoms with van der Waals surface area (Å²) in [7, 11) is 0. The number of nitrogens with zero attached hydrogens (tertiary/aromatic N) is 2. The van der Waals surface area contributed by atoms with E-state index >= 15 is 0 Å². The normalized spacial score (nSPS) is 32.4. The smallest absolute Gasteiger partial charge is 0.259 e. The number of rotatable bonds is 2. The highest BCUT2D eigenvalue weighted by molar-refractivity contribution is 7.11. The van der Waals surface area contributed by atoms with Gasteiger partial charge in [-0.05, 0) is 0 Å². The summed E-state index contributed by atoms with van der Waals surface area (Å²) in [5.41, 5.74) is -2.00. The van der Waals surface area contributed by atoms with E-state index in [1.54, 1.807) is 0 Å². The van der Waals surface area contributed by atoms with Gasteiger partial charge in [0, 0.05) is 5.38 Å². The molecular formula is C12H11N3O5S. The van der Waals surface area contributed by atoms with Gasteiger partial charge in [-0.1, -0.05) is 0 Å². The van der Waals surface area contributed by atoms with Gasteiger partial charge in [0.2, 0.25) is 5.60 Å². The van der Waals surface area contributed by atoms with E-state index in [1.807, 2.05) is 6.07 Å². The SMILES string of the molecule is N#C[C@@]1(c2scc3c(=O)[nH]cnc23)O[C@H](CO)[C@@H](O)[C@H]1O. The molecule has 0 spiro atoms. The van der Waals surface area contributed by atoms with E-state index in [0.29, 0.717) is 0 Å². The molecule has 21 heavy (non-hydrogen) atoms. The number of ether oxygens (including phenoxy) is 1. The first-order valence-corrected chi connectivity index (χ1v) is 6.94. The van der Waals surface area contributed by atoms with Gasteiger partial charge >= 0.3 is 0 Å². The summed E-state index contributed by atoms with van der Waals surface area (Å²) in [5.74, 6) is 0. The van der Waals surface area contributed by atoms with Crippen molar-refractivity contribution >= 4 is 22.2 Å². The van der Waals surface area contributed by atoms with E-state index in [2.05, 4.69) is 9.97 Å². The van der Waals surface area contributed by atoms with Crippen LogP contribution in [0.2, 0.25) is 0 Å². The van der Waals surface area contributed by atoms with Crippen LogP contribution in [0.4, 0.5) is 0 Å². The monoisotopic (exact) mass is 309 g/mol. The van der Waals surface area contributed by atoms with Crippen LogP contribution >= 0.6 is 11.3 Å². The van der Waals surface area contributed by atoms with Crippen molar-refractivity contribution in [2.45, 2.75) is 23.9 Å². The number of H-pyrrole nitrogens is 1. The van der Waals surface area contributed by atoms with Crippen LogP contribution in [0.5, 0.6) is 0 Å². The molecular weight excluding hydrogens is 298 g/mol. The maximum atomic E-state index is 11.7. The van der Waals surface area contributed by atoms with Crippen LogP contribution < -0.4 is 5.56 Å². The first-order valence-electron chi connectivity index (χ1n) is 6.06. The number of aliphatic hydroxyl groups is 3. The second-order valence-electron chi connectivity index (χ2n) is 4.68. The van der Waals surface area contributed by atoms with E-state index in [1.165, 1.54) is 11.7 Å². The summed E-state index contributed by atoms with van der Waals surface area (Å²) in [5, 5.41) is 40.5. The number of fused-ring (bicyclic) bond motifs is 1. The number of thiophene rings is 1. The lowest BCUT2D eigenvalue weighted by Gasteiger charge is -2.23. The van der Waals surface area contributed by atoms with Crippen LogP contribution in [0, 0.1) is 11.3 Å². The summed E-state index contributed by atoms with van der Waals surface area (Å²) in [6, 6.07) is 1.85. The van der Waals surface area contributed by atoms with Crippen molar-refractivity contribution in [3.63, 3.8) is 0 Å². The van der Waals surface area contributed by atoms with Crippen LogP contribution in [0.1, 0.15) is 4.88 Å². The Balaban J connectivity index is 2.22. The van der Waals surface area contributed by atoms with Gasteiger partial charge < -0.3 is 25.0 Å². The Morgan fingerprint density at radius 2 is 2.33 bits per heavy atom. The maximum absolute atomic E-state index is 11.7. The van der Waals surface area contributed by atoms with Crippen LogP contribution in [0.15, 0.2) is 16.5 Å². The van der Waals surface area contributed by atoms with Gasteiger partial charge in [0.05, 0.1) is 28.7 Å². The fraction of sp³-hybridized carbons (Fsp3) is 0.417. The number of aromatic amines is 1. The molecule has 8 nitrogen and oxygen atoms in total. The third kappa shape index (κ3) is 1.81. The first kappa shape index (κ1) is 14.1. The molecule has 0 aliphatic carbocycles. The molecule has 0 radical (unpaired) electrons. The Hall–Kier alpha value is -1.83. The number of aromatic nitrogens is 2. The van der Waals surface area contributed by atoms with Gasteiger partial charge in [-0.2, -0.15) is 5.26 Å². The number of hydrogen-bond acceptors (Lipinski definition) is 8. The summed E-state index contributed by atoms with van der Waals surface area (Å²) < 4.78 is 5.41. The van der Waals surface area contributed by atoms with E-state index in [0.717, 1.165) is 11.3 Å². The average Bonchev–Trinajstić information content (AvgIpc) is 3.03. The van der Waals surface area contributed by atoms with E-state index in [4.69, 9.17) is 9.84 Å². The number of nitriles is 1. The second-order valence-corrected chi connectivity index (χ2v) is 5.56. The molecule has 9 heteroatoms. The summed E-state index contributed by atoms with van der Waals surface area (Å²) >= 11 is 1.03. The lowest BCUT2D eigenvalue weighted by molar-refractivity contribution is -0.0585. The Morgan fingerprint density at radius 3 is 2.95 bits per heavy atom. The van der Waals surface area contributed by atoms with Crippen molar-refractivity contribution in [3.05, 3.63) is 26.9 Å². The molecule has 4 atom stereocenters. The Kier molecular flexibility index (Phi) is 3.27. The van der Waals surface area contributed by atoms with Crippen molar-refractivity contribution in [2.75, 3.05) is 6.61 Å². The molecule has 1 aliphatic rings. The fourth-order valence-corrected chi connectivity index (χ4v) is 3.55. The van der Waals surface area contributed by atoms with Crippen molar-refractivity contribution in [3.8, 4) is 6.07 Å². The topological polar surface area (TPSA) is 139 Å². The zero-order valence-electron chi connectivity index (χ0n) is 10.6. The van der Waals surface area contributed by atoms with Gasteiger partial charge in [0.15, 0.2) is 0 Å². The Morgan fingerprint density at radius 1 is 1.57 bits per heavy atom. The van der Waals surface area contributed by atoms with Crippen molar-refractivity contribution < 1.29 is 20.1 Å². The predicted molar refractivity (Wildman–Crippen MR) is 71.5 cm³/mol. The molecule has 4 N–H and O–H groups in total. The van der Waals surface area contributed by atoms with E-state index < -0.39 is 30.5 Å². The third-order valence-electron chi connectivity index (χ3n) is 3.54. The quantitative estimate of drug-likeness (QED) is 0.547. The molecule has 1 aliphatic heterocycles.